The van der Waals surface area contributed by atoms with Gasteiger partial charge in [-0.25, -0.2) is 4.98 Å². The molecule has 2 nitrogen and oxygen atoms in total. The zero-order chi connectivity index (χ0) is 20.4. The number of fused-ring (bicyclic) bond motifs is 1. The van der Waals surface area contributed by atoms with Crippen molar-refractivity contribution in [3.8, 4) is 0 Å². The second-order valence-corrected chi connectivity index (χ2v) is 8.44. The first-order valence-electron chi connectivity index (χ1n) is 11.0. The van der Waals surface area contributed by atoms with Crippen LogP contribution in [0.4, 0.5) is 5.82 Å². The quantitative estimate of drug-likeness (QED) is 0.577. The van der Waals surface area contributed by atoms with E-state index < -0.39 is 0 Å². The van der Waals surface area contributed by atoms with E-state index in [9.17, 15) is 0 Å². The molecule has 1 heterocycles. The summed E-state index contributed by atoms with van der Waals surface area (Å²) in [5, 5.41) is 3.72. The highest BCUT2D eigenvalue weighted by atomic mass is 15.0. The summed E-state index contributed by atoms with van der Waals surface area (Å²) in [5.74, 6) is 1.97. The molecule has 4 rings (SSSR count). The molecule has 0 amide bonds. The Hall–Kier alpha value is -2.61. The number of anilines is 1. The lowest BCUT2D eigenvalue weighted by atomic mass is 9.80. The Kier molecular flexibility index (Phi) is 5.71. The summed E-state index contributed by atoms with van der Waals surface area (Å²) >= 11 is 0. The van der Waals surface area contributed by atoms with Crippen LogP contribution >= 0.6 is 0 Å². The van der Waals surface area contributed by atoms with Crippen molar-refractivity contribution in [3.63, 3.8) is 0 Å². The highest BCUT2D eigenvalue weighted by Crippen LogP contribution is 2.40. The lowest BCUT2D eigenvalue weighted by molar-refractivity contribution is 0.646. The molecule has 2 aliphatic carbocycles. The number of pyridine rings is 1. The van der Waals surface area contributed by atoms with Gasteiger partial charge < -0.3 is 5.32 Å². The van der Waals surface area contributed by atoms with Gasteiger partial charge in [-0.1, -0.05) is 61.9 Å². The highest BCUT2D eigenvalue weighted by molar-refractivity contribution is 5.81. The zero-order valence-corrected chi connectivity index (χ0v) is 18.1. The maximum absolute atomic E-state index is 5.08. The first-order chi connectivity index (χ1) is 14.1. The topological polar surface area (TPSA) is 24.9 Å². The molecule has 1 aromatic carbocycles. The highest BCUT2D eigenvalue weighted by Gasteiger charge is 2.24. The first-order valence-corrected chi connectivity index (χ1v) is 11.0. The van der Waals surface area contributed by atoms with Gasteiger partial charge in [0.2, 0.25) is 0 Å². The first kappa shape index (κ1) is 19.7. The molecule has 0 radical (unpaired) electrons. The summed E-state index contributed by atoms with van der Waals surface area (Å²) in [7, 11) is 0. The molecule has 2 atom stereocenters. The fourth-order valence-electron chi connectivity index (χ4n) is 4.84. The minimum atomic E-state index is 0.392. The summed E-state index contributed by atoms with van der Waals surface area (Å²) in [6, 6.07) is 13.3. The number of aromatic nitrogens is 1. The lowest BCUT2D eigenvalue weighted by Crippen LogP contribution is -2.15. The fourth-order valence-corrected chi connectivity index (χ4v) is 4.84. The Morgan fingerprint density at radius 2 is 1.93 bits per heavy atom. The van der Waals surface area contributed by atoms with Gasteiger partial charge in [-0.2, -0.15) is 0 Å². The molecular formula is C27H32N2. The third kappa shape index (κ3) is 3.94. The van der Waals surface area contributed by atoms with Crippen LogP contribution in [0.2, 0.25) is 0 Å². The molecule has 1 aromatic heterocycles. The van der Waals surface area contributed by atoms with Gasteiger partial charge in [-0.05, 0) is 74.3 Å². The zero-order valence-electron chi connectivity index (χ0n) is 18.1. The number of aryl methyl sites for hydroxylation is 1. The van der Waals surface area contributed by atoms with E-state index in [1.165, 1.54) is 45.6 Å². The molecule has 2 aromatic rings. The molecule has 0 aliphatic heterocycles. The molecule has 0 bridgehead atoms. The van der Waals surface area contributed by atoms with Gasteiger partial charge in [0.1, 0.15) is 5.82 Å². The van der Waals surface area contributed by atoms with E-state index in [0.717, 1.165) is 25.1 Å². The molecule has 2 aliphatic rings. The number of hydrogen-bond acceptors (Lipinski definition) is 2. The summed E-state index contributed by atoms with van der Waals surface area (Å²) in [6.07, 6.45) is 11.1. The van der Waals surface area contributed by atoms with Crippen LogP contribution in [-0.4, -0.2) is 4.98 Å². The van der Waals surface area contributed by atoms with Crippen molar-refractivity contribution in [1.29, 1.82) is 0 Å². The number of hydrogen-bond donors (Lipinski definition) is 1. The van der Waals surface area contributed by atoms with Crippen molar-refractivity contribution >= 4 is 11.5 Å². The second-order valence-electron chi connectivity index (χ2n) is 8.44. The Morgan fingerprint density at radius 1 is 1.10 bits per heavy atom. The smallest absolute Gasteiger partial charge is 0.130 e. The molecule has 2 heteroatoms. The van der Waals surface area contributed by atoms with Gasteiger partial charge in [0, 0.05) is 17.2 Å². The number of nitrogens with one attached hydrogen (secondary N) is 1. The van der Waals surface area contributed by atoms with Gasteiger partial charge in [0.25, 0.3) is 0 Å². The molecular weight excluding hydrogens is 352 g/mol. The minimum absolute atomic E-state index is 0.392. The Labute approximate surface area is 175 Å². The van der Waals surface area contributed by atoms with Crippen LogP contribution < -0.4 is 5.32 Å². The number of nitrogens with zero attached hydrogens (tertiary/aromatic N) is 1. The largest absolute Gasteiger partial charge is 0.340 e. The SMILES string of the molecule is CCC1=CC=CC[C@@H]1c1cc(C)cc(NC2=C(C)CC(CC)c3ccccc32)n1. The molecule has 29 heavy (non-hydrogen) atoms. The average molecular weight is 385 g/mol. The van der Waals surface area contributed by atoms with Crippen LogP contribution in [0.3, 0.4) is 0 Å². The third-order valence-corrected chi connectivity index (χ3v) is 6.42. The maximum Gasteiger partial charge on any atom is 0.130 e. The summed E-state index contributed by atoms with van der Waals surface area (Å²) < 4.78 is 0. The van der Waals surface area contributed by atoms with Crippen LogP contribution in [0.5, 0.6) is 0 Å². The Balaban J connectivity index is 1.69. The molecule has 150 valence electrons. The molecule has 1 unspecified atom stereocenters. The van der Waals surface area contributed by atoms with Crippen LogP contribution in [0, 0.1) is 6.92 Å². The summed E-state index contributed by atoms with van der Waals surface area (Å²) in [4.78, 5) is 5.08. The summed E-state index contributed by atoms with van der Waals surface area (Å²) in [5.41, 5.74) is 9.38. The lowest BCUT2D eigenvalue weighted by Gasteiger charge is -2.29. The van der Waals surface area contributed by atoms with Crippen LogP contribution in [-0.2, 0) is 0 Å². The fraction of sp³-hybridized carbons (Fsp3) is 0.370. The van der Waals surface area contributed by atoms with E-state index in [1.54, 1.807) is 0 Å². The standard InChI is InChI=1S/C27H32N2/c1-5-20-11-7-8-13-23(20)25-15-18(3)16-26(28-25)29-27-19(4)17-21(6-2)22-12-9-10-14-24(22)27/h7-12,14-16,21,23H,5-6,13,17H2,1-4H3,(H,28,29)/t21?,23-/m0/s1. The minimum Gasteiger partial charge on any atom is -0.340 e. The van der Waals surface area contributed by atoms with Crippen molar-refractivity contribution in [1.82, 2.24) is 4.98 Å². The van der Waals surface area contributed by atoms with Crippen LogP contribution in [0.1, 0.15) is 80.7 Å². The van der Waals surface area contributed by atoms with E-state index in [4.69, 9.17) is 4.98 Å². The second kappa shape index (κ2) is 8.41. The third-order valence-electron chi connectivity index (χ3n) is 6.42. The van der Waals surface area contributed by atoms with Crippen LogP contribution in [0.15, 0.2) is 65.8 Å². The molecule has 0 saturated heterocycles. The van der Waals surface area contributed by atoms with Gasteiger partial charge >= 0.3 is 0 Å². The van der Waals surface area contributed by atoms with Gasteiger partial charge in [-0.3, -0.25) is 0 Å². The average Bonchev–Trinajstić information content (AvgIpc) is 2.75. The number of benzene rings is 1. The monoisotopic (exact) mass is 384 g/mol. The van der Waals surface area contributed by atoms with E-state index >= 15 is 0 Å². The van der Waals surface area contributed by atoms with E-state index in [-0.39, 0.29) is 0 Å². The van der Waals surface area contributed by atoms with Crippen molar-refractivity contribution < 1.29 is 0 Å². The Bertz CT molecular complexity index is 993. The molecule has 0 fully saturated rings. The van der Waals surface area contributed by atoms with Gasteiger partial charge in [-0.15, -0.1) is 0 Å². The number of allylic oxidation sites excluding steroid dienone is 5. The van der Waals surface area contributed by atoms with Crippen molar-refractivity contribution in [2.45, 2.75) is 65.2 Å². The molecule has 0 spiro atoms. The van der Waals surface area contributed by atoms with Gasteiger partial charge in [0.05, 0.1) is 5.69 Å². The predicted molar refractivity (Wildman–Crippen MR) is 124 cm³/mol. The Morgan fingerprint density at radius 3 is 2.72 bits per heavy atom. The predicted octanol–water partition coefficient (Wildman–Crippen LogP) is 7.51. The van der Waals surface area contributed by atoms with Crippen molar-refractivity contribution in [2.75, 3.05) is 5.32 Å². The normalized spacial score (nSPS) is 21.0. The van der Waals surface area contributed by atoms with Crippen molar-refractivity contribution in [3.05, 3.63) is 88.2 Å². The van der Waals surface area contributed by atoms with E-state index in [0.29, 0.717) is 11.8 Å². The van der Waals surface area contributed by atoms with E-state index in [1.807, 2.05) is 0 Å². The van der Waals surface area contributed by atoms with E-state index in [2.05, 4.69) is 87.6 Å². The number of rotatable bonds is 5. The molecule has 0 saturated carbocycles. The maximum atomic E-state index is 5.08. The van der Waals surface area contributed by atoms with Gasteiger partial charge in [0.15, 0.2) is 0 Å². The molecule has 1 N–H and O–H groups in total. The van der Waals surface area contributed by atoms with Crippen molar-refractivity contribution in [2.24, 2.45) is 0 Å². The summed E-state index contributed by atoms with van der Waals surface area (Å²) in [6.45, 7) is 8.97. The van der Waals surface area contributed by atoms with Crippen LogP contribution in [0.25, 0.3) is 5.70 Å².